The summed E-state index contributed by atoms with van der Waals surface area (Å²) in [6, 6.07) is 0. The number of allylic oxidation sites excluding steroid dienone is 1. The van der Waals surface area contributed by atoms with E-state index in [4.69, 9.17) is 0 Å². The first-order valence-corrected chi connectivity index (χ1v) is 12.8. The third-order valence-corrected chi connectivity index (χ3v) is 10.3. The van der Waals surface area contributed by atoms with E-state index < -0.39 is 5.60 Å². The lowest BCUT2D eigenvalue weighted by molar-refractivity contribution is -0.0990. The summed E-state index contributed by atoms with van der Waals surface area (Å²) in [5.74, 6) is 2.52. The van der Waals surface area contributed by atoms with Crippen LogP contribution >= 0.6 is 0 Å². The maximum Gasteiger partial charge on any atom is 0.110 e. The lowest BCUT2D eigenvalue weighted by Crippen LogP contribution is -2.58. The van der Waals surface area contributed by atoms with Gasteiger partial charge in [0.05, 0.1) is 17.6 Å². The van der Waals surface area contributed by atoms with Gasteiger partial charge in [0.1, 0.15) is 5.60 Å². The Morgan fingerprint density at radius 1 is 1.25 bits per heavy atom. The first-order valence-electron chi connectivity index (χ1n) is 12.8. The molecule has 5 heteroatoms. The van der Waals surface area contributed by atoms with Crippen LogP contribution in [0, 0.1) is 34.5 Å². The highest BCUT2D eigenvalue weighted by molar-refractivity contribution is 5.91. The highest BCUT2D eigenvalue weighted by Gasteiger charge is 2.65. The average molecular weight is 439 g/mol. The number of hydrazone groups is 1. The SMILES string of the molecule is CCn1ncc2c1C=C1[C@@H](C)C[C@@H]3[C@H](CC[C@@]4(C)[C@H]3CC[C@]4(O)C(C)=NN(C)C)[C@@]1(C)C2. The molecule has 1 aromatic heterocycles. The largest absolute Gasteiger partial charge is 0.383 e. The van der Waals surface area contributed by atoms with Crippen molar-refractivity contribution in [1.29, 1.82) is 0 Å². The van der Waals surface area contributed by atoms with Crippen LogP contribution in [0.15, 0.2) is 16.9 Å². The second-order valence-corrected chi connectivity index (χ2v) is 12.0. The predicted octanol–water partition coefficient (Wildman–Crippen LogP) is 5.00. The molecule has 3 saturated carbocycles. The molecule has 0 radical (unpaired) electrons. The van der Waals surface area contributed by atoms with Crippen LogP contribution < -0.4 is 0 Å². The molecule has 1 heterocycles. The van der Waals surface area contributed by atoms with Gasteiger partial charge in [-0.25, -0.2) is 0 Å². The molecule has 0 aliphatic heterocycles. The van der Waals surface area contributed by atoms with Crippen molar-refractivity contribution in [2.75, 3.05) is 14.1 Å². The highest BCUT2D eigenvalue weighted by Crippen LogP contribution is 2.68. The maximum atomic E-state index is 12.0. The van der Waals surface area contributed by atoms with Gasteiger partial charge in [-0.1, -0.05) is 26.3 Å². The Labute approximate surface area is 194 Å². The van der Waals surface area contributed by atoms with Crippen molar-refractivity contribution in [1.82, 2.24) is 14.8 Å². The van der Waals surface area contributed by atoms with Crippen molar-refractivity contribution < 1.29 is 5.11 Å². The van der Waals surface area contributed by atoms with Crippen LogP contribution in [-0.4, -0.2) is 45.3 Å². The van der Waals surface area contributed by atoms with Gasteiger partial charge in [-0.15, -0.1) is 0 Å². The minimum Gasteiger partial charge on any atom is -0.383 e. The summed E-state index contributed by atoms with van der Waals surface area (Å²) in [5.41, 5.74) is 4.68. The van der Waals surface area contributed by atoms with E-state index in [-0.39, 0.29) is 10.8 Å². The summed E-state index contributed by atoms with van der Waals surface area (Å²) in [6.07, 6.45) is 11.3. The molecule has 0 spiro atoms. The monoisotopic (exact) mass is 438 g/mol. The summed E-state index contributed by atoms with van der Waals surface area (Å²) < 4.78 is 2.17. The van der Waals surface area contributed by atoms with Gasteiger partial charge in [0.15, 0.2) is 0 Å². The van der Waals surface area contributed by atoms with Crippen LogP contribution in [0.1, 0.15) is 78.0 Å². The standard InChI is InChI=1S/C27H42N4O/c1-8-31-24-14-23-17(2)13-20-21(25(23,4)15-19(24)16-28-31)9-11-26(5)22(20)10-12-27(26,32)18(3)29-30(6)7/h14,16-17,20-22,32H,8-13,15H2,1-7H3/t17-,20+,21-,22-,25+,26-,27-/m0/s1. The molecular formula is C27H42N4O. The van der Waals surface area contributed by atoms with Gasteiger partial charge in [-0.05, 0) is 93.1 Å². The van der Waals surface area contributed by atoms with Gasteiger partial charge in [0.25, 0.3) is 0 Å². The summed E-state index contributed by atoms with van der Waals surface area (Å²) in [4.78, 5) is 0. The normalized spacial score (nSPS) is 43.1. The summed E-state index contributed by atoms with van der Waals surface area (Å²) >= 11 is 0. The van der Waals surface area contributed by atoms with E-state index in [1.165, 1.54) is 24.1 Å². The van der Waals surface area contributed by atoms with Crippen molar-refractivity contribution >= 4 is 11.8 Å². The van der Waals surface area contributed by atoms with Gasteiger partial charge in [-0.3, -0.25) is 4.68 Å². The molecule has 0 amide bonds. The van der Waals surface area contributed by atoms with E-state index in [0.29, 0.717) is 23.7 Å². The maximum absolute atomic E-state index is 12.0. The van der Waals surface area contributed by atoms with Crippen LogP contribution in [0.25, 0.3) is 6.08 Å². The number of aromatic nitrogens is 2. The van der Waals surface area contributed by atoms with Gasteiger partial charge in [0, 0.05) is 26.1 Å². The van der Waals surface area contributed by atoms with Gasteiger partial charge in [-0.2, -0.15) is 10.2 Å². The molecule has 3 fully saturated rings. The Morgan fingerprint density at radius 2 is 1.97 bits per heavy atom. The van der Waals surface area contributed by atoms with Gasteiger partial charge in [0.2, 0.25) is 0 Å². The zero-order valence-electron chi connectivity index (χ0n) is 21.1. The highest BCUT2D eigenvalue weighted by atomic mass is 16.3. The minimum absolute atomic E-state index is 0.0814. The number of nitrogens with zero attached hydrogens (tertiary/aromatic N) is 4. The molecule has 4 aliphatic carbocycles. The number of hydrogen-bond acceptors (Lipinski definition) is 4. The summed E-state index contributed by atoms with van der Waals surface area (Å²) in [7, 11) is 3.90. The van der Waals surface area contributed by atoms with Crippen molar-refractivity contribution in [3.63, 3.8) is 0 Å². The van der Waals surface area contributed by atoms with Crippen LogP contribution in [-0.2, 0) is 13.0 Å². The van der Waals surface area contributed by atoms with Gasteiger partial charge < -0.3 is 10.1 Å². The van der Waals surface area contributed by atoms with Crippen molar-refractivity contribution in [3.05, 3.63) is 23.0 Å². The number of rotatable bonds is 3. The quantitative estimate of drug-likeness (QED) is 0.534. The van der Waals surface area contributed by atoms with E-state index in [1.807, 2.05) is 26.0 Å². The van der Waals surface area contributed by atoms with Crippen molar-refractivity contribution in [2.45, 2.75) is 85.3 Å². The van der Waals surface area contributed by atoms with Gasteiger partial charge >= 0.3 is 0 Å². The molecule has 0 aromatic carbocycles. The zero-order valence-corrected chi connectivity index (χ0v) is 21.1. The molecule has 0 saturated heterocycles. The lowest BCUT2D eigenvalue weighted by Gasteiger charge is -2.60. The van der Waals surface area contributed by atoms with Crippen LogP contribution in [0.5, 0.6) is 0 Å². The molecule has 176 valence electrons. The third kappa shape index (κ3) is 2.79. The predicted molar refractivity (Wildman–Crippen MR) is 130 cm³/mol. The minimum atomic E-state index is -0.783. The molecule has 7 atom stereocenters. The lowest BCUT2D eigenvalue weighted by atomic mass is 9.44. The Hall–Kier alpha value is -1.62. The molecule has 5 nitrogen and oxygen atoms in total. The van der Waals surface area contributed by atoms with Crippen LogP contribution in [0.3, 0.4) is 0 Å². The van der Waals surface area contributed by atoms with Crippen molar-refractivity contribution in [2.24, 2.45) is 39.6 Å². The molecule has 1 aromatic rings. The topological polar surface area (TPSA) is 53.6 Å². The Morgan fingerprint density at radius 3 is 2.66 bits per heavy atom. The average Bonchev–Trinajstić information content (AvgIpc) is 3.24. The molecular weight excluding hydrogens is 396 g/mol. The molecule has 5 rings (SSSR count). The fourth-order valence-electron chi connectivity index (χ4n) is 8.78. The number of fused-ring (bicyclic) bond motifs is 6. The number of aryl methyl sites for hydroxylation is 1. The van der Waals surface area contributed by atoms with E-state index in [0.717, 1.165) is 37.9 Å². The van der Waals surface area contributed by atoms with Crippen LogP contribution in [0.4, 0.5) is 0 Å². The molecule has 32 heavy (non-hydrogen) atoms. The Bertz CT molecular complexity index is 976. The van der Waals surface area contributed by atoms with E-state index in [2.05, 4.69) is 54.8 Å². The third-order valence-electron chi connectivity index (χ3n) is 10.3. The fourth-order valence-corrected chi connectivity index (χ4v) is 8.78. The molecule has 0 unspecified atom stereocenters. The van der Waals surface area contributed by atoms with E-state index in [1.54, 1.807) is 5.57 Å². The second kappa shape index (κ2) is 7.19. The number of aliphatic hydroxyl groups is 1. The zero-order chi connectivity index (χ0) is 23.1. The first-order chi connectivity index (χ1) is 15.0. The van der Waals surface area contributed by atoms with E-state index in [9.17, 15) is 5.11 Å². The summed E-state index contributed by atoms with van der Waals surface area (Å²) in [5, 5.41) is 23.2. The fraction of sp³-hybridized carbons (Fsp3) is 0.778. The molecule has 0 bridgehead atoms. The van der Waals surface area contributed by atoms with Crippen molar-refractivity contribution in [3.8, 4) is 0 Å². The Balaban J connectivity index is 1.51. The molecule has 4 aliphatic rings. The second-order valence-electron chi connectivity index (χ2n) is 12.0. The van der Waals surface area contributed by atoms with E-state index >= 15 is 0 Å². The smallest absolute Gasteiger partial charge is 0.110 e. The van der Waals surface area contributed by atoms with Crippen LogP contribution in [0.2, 0.25) is 0 Å². The number of hydrogen-bond donors (Lipinski definition) is 1. The first kappa shape index (κ1) is 22.2. The summed E-state index contributed by atoms with van der Waals surface area (Å²) in [6.45, 7) is 12.5. The Kier molecular flexibility index (Phi) is 4.98. The molecule has 1 N–H and O–H groups in total.